The summed E-state index contributed by atoms with van der Waals surface area (Å²) >= 11 is 0. The third-order valence-corrected chi connectivity index (χ3v) is 7.41. The van der Waals surface area contributed by atoms with Gasteiger partial charge in [-0.3, -0.25) is 4.90 Å². The van der Waals surface area contributed by atoms with Crippen LogP contribution >= 0.6 is 0 Å². The predicted molar refractivity (Wildman–Crippen MR) is 107 cm³/mol. The van der Waals surface area contributed by atoms with Crippen molar-refractivity contribution in [1.29, 1.82) is 0 Å². The lowest BCUT2D eigenvalue weighted by atomic mass is 10.1. The molecule has 160 valence electrons. The van der Waals surface area contributed by atoms with Crippen LogP contribution in [0.3, 0.4) is 0 Å². The molecular weight excluding hydrogens is 417 g/mol. The first kappa shape index (κ1) is 20.7. The van der Waals surface area contributed by atoms with E-state index < -0.39 is 33.7 Å². The number of hydrogen-bond donors (Lipinski definition) is 0. The largest absolute Gasteiger partial charge is 0.416 e. The zero-order valence-corrected chi connectivity index (χ0v) is 17.1. The van der Waals surface area contributed by atoms with Crippen LogP contribution in [0.15, 0.2) is 48.5 Å². The van der Waals surface area contributed by atoms with E-state index in [0.29, 0.717) is 11.3 Å². The van der Waals surface area contributed by atoms with E-state index in [9.17, 15) is 26.4 Å². The smallest absolute Gasteiger partial charge is 0.314 e. The van der Waals surface area contributed by atoms with Crippen molar-refractivity contribution < 1.29 is 26.4 Å². The number of rotatable bonds is 4. The molecule has 2 amide bonds. The zero-order valence-electron chi connectivity index (χ0n) is 16.3. The second kappa shape index (κ2) is 7.30. The van der Waals surface area contributed by atoms with Gasteiger partial charge in [0, 0.05) is 12.2 Å². The number of amides is 2. The number of carbonyl (C=O) groups excluding carboxylic acids is 1. The molecule has 2 atom stereocenters. The van der Waals surface area contributed by atoms with Gasteiger partial charge in [-0.1, -0.05) is 31.2 Å². The number of hydrogen-bond acceptors (Lipinski definition) is 3. The average molecular weight is 438 g/mol. The van der Waals surface area contributed by atoms with E-state index >= 15 is 0 Å². The van der Waals surface area contributed by atoms with E-state index in [1.165, 1.54) is 21.9 Å². The first-order valence-corrected chi connectivity index (χ1v) is 11.5. The summed E-state index contributed by atoms with van der Waals surface area (Å²) in [7, 11) is -3.35. The van der Waals surface area contributed by atoms with Crippen molar-refractivity contribution in [3.8, 4) is 0 Å². The van der Waals surface area contributed by atoms with Crippen LogP contribution in [-0.2, 0) is 29.0 Å². The molecule has 0 aliphatic carbocycles. The molecule has 0 spiro atoms. The summed E-state index contributed by atoms with van der Waals surface area (Å²) in [5.41, 5.74) is 1.19. The molecule has 0 N–H and O–H groups in total. The number of benzene rings is 2. The van der Waals surface area contributed by atoms with Crippen molar-refractivity contribution in [2.24, 2.45) is 0 Å². The summed E-state index contributed by atoms with van der Waals surface area (Å²) in [6.45, 7) is 1.93. The molecule has 4 rings (SSSR count). The van der Waals surface area contributed by atoms with E-state index in [4.69, 9.17) is 0 Å². The highest BCUT2D eigenvalue weighted by molar-refractivity contribution is 7.91. The molecule has 2 aliphatic heterocycles. The van der Waals surface area contributed by atoms with Gasteiger partial charge in [0.15, 0.2) is 9.84 Å². The first-order valence-electron chi connectivity index (χ1n) is 9.64. The lowest BCUT2D eigenvalue weighted by Crippen LogP contribution is -2.37. The Morgan fingerprint density at radius 3 is 2.30 bits per heavy atom. The molecule has 30 heavy (non-hydrogen) atoms. The van der Waals surface area contributed by atoms with Gasteiger partial charge in [-0.25, -0.2) is 13.2 Å². The summed E-state index contributed by atoms with van der Waals surface area (Å²) in [4.78, 5) is 16.1. The molecule has 2 aromatic rings. The minimum atomic E-state index is -4.49. The fourth-order valence-electron chi connectivity index (χ4n) is 4.20. The molecule has 9 heteroatoms. The summed E-state index contributed by atoms with van der Waals surface area (Å²) in [6.07, 6.45) is -3.66. The summed E-state index contributed by atoms with van der Waals surface area (Å²) in [5, 5.41) is 0. The van der Waals surface area contributed by atoms with Crippen molar-refractivity contribution in [2.75, 3.05) is 16.4 Å². The van der Waals surface area contributed by atoms with Crippen molar-refractivity contribution in [3.63, 3.8) is 0 Å². The summed E-state index contributed by atoms with van der Waals surface area (Å²) in [5.74, 6) is -0.343. The number of carbonyl (C=O) groups is 1. The molecule has 0 saturated carbocycles. The monoisotopic (exact) mass is 438 g/mol. The third kappa shape index (κ3) is 3.78. The van der Waals surface area contributed by atoms with Crippen molar-refractivity contribution >= 4 is 21.6 Å². The van der Waals surface area contributed by atoms with Gasteiger partial charge in [-0.15, -0.1) is 0 Å². The van der Waals surface area contributed by atoms with E-state index in [1.807, 2.05) is 19.1 Å². The number of fused-ring (bicyclic) bond motifs is 1. The van der Waals surface area contributed by atoms with Gasteiger partial charge < -0.3 is 4.90 Å². The van der Waals surface area contributed by atoms with Gasteiger partial charge in [0.05, 0.1) is 29.2 Å². The van der Waals surface area contributed by atoms with Crippen LogP contribution in [-0.4, -0.2) is 42.9 Å². The molecule has 2 heterocycles. The maximum Gasteiger partial charge on any atom is 0.416 e. The van der Waals surface area contributed by atoms with Crippen LogP contribution in [0, 0.1) is 0 Å². The fraction of sp³-hybridized carbons (Fsp3) is 0.381. The van der Waals surface area contributed by atoms with Crippen LogP contribution < -0.4 is 4.90 Å². The Kier molecular flexibility index (Phi) is 5.04. The van der Waals surface area contributed by atoms with Gasteiger partial charge in [0.1, 0.15) is 0 Å². The highest BCUT2D eigenvalue weighted by Crippen LogP contribution is 2.37. The Bertz CT molecular complexity index is 1070. The fourth-order valence-corrected chi connectivity index (χ4v) is 6.15. The molecule has 2 aliphatic rings. The van der Waals surface area contributed by atoms with Crippen LogP contribution in [0.1, 0.15) is 23.6 Å². The zero-order chi connectivity index (χ0) is 21.7. The molecule has 2 fully saturated rings. The Morgan fingerprint density at radius 1 is 1.00 bits per heavy atom. The highest BCUT2D eigenvalue weighted by atomic mass is 32.2. The van der Waals surface area contributed by atoms with Gasteiger partial charge in [-0.2, -0.15) is 13.2 Å². The molecule has 0 unspecified atom stereocenters. The van der Waals surface area contributed by atoms with E-state index in [1.54, 1.807) is 12.1 Å². The quantitative estimate of drug-likeness (QED) is 0.681. The Hall–Kier alpha value is -2.55. The van der Waals surface area contributed by atoms with Crippen LogP contribution in [0.25, 0.3) is 0 Å². The third-order valence-electron chi connectivity index (χ3n) is 5.71. The number of anilines is 1. The summed E-state index contributed by atoms with van der Waals surface area (Å²) in [6, 6.07) is 10.6. The molecule has 2 aromatic carbocycles. The molecule has 5 nitrogen and oxygen atoms in total. The van der Waals surface area contributed by atoms with E-state index in [0.717, 1.165) is 24.1 Å². The average Bonchev–Trinajstić information content (AvgIpc) is 3.12. The maximum atomic E-state index is 13.2. The number of urea groups is 1. The molecule has 0 bridgehead atoms. The Balaban J connectivity index is 1.67. The van der Waals surface area contributed by atoms with E-state index in [2.05, 4.69) is 0 Å². The number of nitrogens with zero attached hydrogens (tertiary/aromatic N) is 2. The van der Waals surface area contributed by atoms with Gasteiger partial charge in [0.2, 0.25) is 0 Å². The maximum absolute atomic E-state index is 13.2. The Labute approximate surface area is 173 Å². The molecule has 0 aromatic heterocycles. The lowest BCUT2D eigenvalue weighted by Gasteiger charge is -2.23. The minimum absolute atomic E-state index is 0.0804. The number of halogens is 3. The van der Waals surface area contributed by atoms with E-state index in [-0.39, 0.29) is 24.1 Å². The standard InChI is InChI=1S/C21H21F3N2O3S/c1-2-14-6-8-17(9-7-14)26-19-13-30(28,29)12-18(19)25(20(26)27)11-15-4-3-5-16(10-15)21(22,23)24/h3-10,18-19H,2,11-13H2,1H3/t18-,19+/m0/s1. The van der Waals surface area contributed by atoms with Crippen molar-refractivity contribution in [3.05, 3.63) is 65.2 Å². The second-order valence-corrected chi connectivity index (χ2v) is 9.86. The van der Waals surface area contributed by atoms with Crippen LogP contribution in [0.5, 0.6) is 0 Å². The van der Waals surface area contributed by atoms with Gasteiger partial charge >= 0.3 is 12.2 Å². The van der Waals surface area contributed by atoms with Crippen LogP contribution in [0.2, 0.25) is 0 Å². The van der Waals surface area contributed by atoms with Crippen molar-refractivity contribution in [2.45, 2.75) is 38.1 Å². The molecule has 2 saturated heterocycles. The first-order chi connectivity index (χ1) is 14.1. The van der Waals surface area contributed by atoms with Crippen LogP contribution in [0.4, 0.5) is 23.7 Å². The lowest BCUT2D eigenvalue weighted by molar-refractivity contribution is -0.137. The topological polar surface area (TPSA) is 57.7 Å². The Morgan fingerprint density at radius 2 is 1.67 bits per heavy atom. The second-order valence-electron chi connectivity index (χ2n) is 7.71. The summed E-state index contributed by atoms with van der Waals surface area (Å²) < 4.78 is 63.8. The SMILES string of the molecule is CCc1ccc(N2C(=O)N(Cc3cccc(C(F)(F)F)c3)[C@H]3CS(=O)(=O)C[C@H]32)cc1. The van der Waals surface area contributed by atoms with Gasteiger partial charge in [-0.05, 0) is 41.8 Å². The van der Waals surface area contributed by atoms with Crippen molar-refractivity contribution in [1.82, 2.24) is 4.90 Å². The molecule has 0 radical (unpaired) electrons. The normalized spacial score (nSPS) is 23.1. The number of sulfone groups is 1. The predicted octanol–water partition coefficient (Wildman–Crippen LogP) is 3.88. The number of alkyl halides is 3. The number of aryl methyl sites for hydroxylation is 1. The minimum Gasteiger partial charge on any atom is -0.314 e. The highest BCUT2D eigenvalue weighted by Gasteiger charge is 2.53. The molecular formula is C21H21F3N2O3S. The van der Waals surface area contributed by atoms with Gasteiger partial charge in [0.25, 0.3) is 0 Å².